The molecule has 66 valence electrons. The van der Waals surface area contributed by atoms with Crippen molar-refractivity contribution in [1.29, 1.82) is 0 Å². The summed E-state index contributed by atoms with van der Waals surface area (Å²) < 4.78 is 5.02. The highest BCUT2D eigenvalue weighted by molar-refractivity contribution is 7.09. The molecule has 1 heterocycles. The fourth-order valence-electron chi connectivity index (χ4n) is 0.592. The fourth-order valence-corrected chi connectivity index (χ4v) is 1.11. The summed E-state index contributed by atoms with van der Waals surface area (Å²) in [6.45, 7) is 1.82. The van der Waals surface area contributed by atoms with Crippen molar-refractivity contribution in [3.63, 3.8) is 0 Å². The average molecular weight is 187 g/mol. The summed E-state index contributed by atoms with van der Waals surface area (Å²) in [7, 11) is 0. The number of hydrogen-bond acceptors (Lipinski definition) is 4. The molecular weight excluding hydrogens is 178 g/mol. The van der Waals surface area contributed by atoms with Crippen LogP contribution in [0.4, 0.5) is 0 Å². The average Bonchev–Trinajstić information content (AvgIpc) is 2.51. The van der Waals surface area contributed by atoms with Crippen molar-refractivity contribution in [1.82, 2.24) is 4.98 Å². The minimum absolute atomic E-state index is 0.318. The molecule has 0 aliphatic heterocycles. The van der Waals surface area contributed by atoms with E-state index in [9.17, 15) is 4.79 Å². The monoisotopic (exact) mass is 187 g/mol. The Morgan fingerprint density at radius 2 is 2.67 bits per heavy atom. The van der Waals surface area contributed by atoms with E-state index in [4.69, 9.17) is 9.84 Å². The third-order valence-corrected chi connectivity index (χ3v) is 2.06. The van der Waals surface area contributed by atoms with Crippen LogP contribution >= 0.6 is 11.3 Å². The molecule has 0 saturated heterocycles. The van der Waals surface area contributed by atoms with E-state index in [2.05, 4.69) is 4.98 Å². The van der Waals surface area contributed by atoms with Crippen molar-refractivity contribution in [3.05, 3.63) is 16.6 Å². The lowest BCUT2D eigenvalue weighted by Crippen LogP contribution is -2.19. The molecule has 0 spiro atoms. The van der Waals surface area contributed by atoms with E-state index in [1.165, 1.54) is 18.3 Å². The molecule has 0 aliphatic carbocycles. The number of ether oxygens (including phenoxy) is 1. The van der Waals surface area contributed by atoms with E-state index in [0.29, 0.717) is 6.61 Å². The number of thiazole rings is 1. The quantitative estimate of drug-likeness (QED) is 0.767. The first kappa shape index (κ1) is 9.15. The molecule has 1 aromatic rings. The van der Waals surface area contributed by atoms with Crippen LogP contribution in [0.5, 0.6) is 0 Å². The van der Waals surface area contributed by atoms with Gasteiger partial charge in [-0.05, 0) is 6.92 Å². The second-order valence-corrected chi connectivity index (χ2v) is 3.23. The Kier molecular flexibility index (Phi) is 3.19. The molecule has 0 saturated carbocycles. The van der Waals surface area contributed by atoms with Crippen LogP contribution in [-0.4, -0.2) is 22.2 Å². The second-order valence-electron chi connectivity index (χ2n) is 2.26. The standard InChI is InChI=1S/C7H9NO3S/c1-5(7(9)10)11-3-6-2-8-4-12-6/h2,4-5H,3H2,1H3,(H,9,10). The molecule has 0 radical (unpaired) electrons. The lowest BCUT2D eigenvalue weighted by molar-refractivity contribution is -0.149. The van der Waals surface area contributed by atoms with Gasteiger partial charge in [-0.25, -0.2) is 4.79 Å². The molecule has 1 rings (SSSR count). The molecule has 0 amide bonds. The lowest BCUT2D eigenvalue weighted by atomic mass is 10.4. The number of carbonyl (C=O) groups is 1. The maximum atomic E-state index is 10.3. The van der Waals surface area contributed by atoms with Gasteiger partial charge in [0.05, 0.1) is 17.0 Å². The molecule has 0 aliphatic rings. The van der Waals surface area contributed by atoms with Crippen LogP contribution < -0.4 is 0 Å². The third-order valence-electron chi connectivity index (χ3n) is 1.31. The normalized spacial score (nSPS) is 12.8. The molecule has 1 atom stereocenters. The van der Waals surface area contributed by atoms with E-state index < -0.39 is 12.1 Å². The first-order valence-corrected chi connectivity index (χ1v) is 4.30. The van der Waals surface area contributed by atoms with E-state index >= 15 is 0 Å². The first-order valence-electron chi connectivity index (χ1n) is 3.42. The minimum Gasteiger partial charge on any atom is -0.479 e. The zero-order valence-electron chi connectivity index (χ0n) is 6.56. The van der Waals surface area contributed by atoms with Gasteiger partial charge >= 0.3 is 5.97 Å². The molecule has 1 N–H and O–H groups in total. The maximum absolute atomic E-state index is 10.3. The smallest absolute Gasteiger partial charge is 0.332 e. The molecule has 4 nitrogen and oxygen atoms in total. The molecule has 0 bridgehead atoms. The molecule has 1 unspecified atom stereocenters. The summed E-state index contributed by atoms with van der Waals surface area (Å²) in [6, 6.07) is 0. The Labute approximate surface area is 73.8 Å². The Balaban J connectivity index is 2.31. The highest BCUT2D eigenvalue weighted by Gasteiger charge is 2.10. The van der Waals surface area contributed by atoms with Crippen molar-refractivity contribution in [2.45, 2.75) is 19.6 Å². The molecule has 1 aromatic heterocycles. The zero-order valence-corrected chi connectivity index (χ0v) is 7.37. The number of hydrogen-bond donors (Lipinski definition) is 1. The zero-order chi connectivity index (χ0) is 8.97. The van der Waals surface area contributed by atoms with Crippen molar-refractivity contribution in [2.24, 2.45) is 0 Å². The SMILES string of the molecule is CC(OCc1cncs1)C(=O)O. The van der Waals surface area contributed by atoms with Gasteiger partial charge in [0.15, 0.2) is 6.10 Å². The molecule has 0 fully saturated rings. The van der Waals surface area contributed by atoms with Crippen molar-refractivity contribution < 1.29 is 14.6 Å². The Hall–Kier alpha value is -0.940. The lowest BCUT2D eigenvalue weighted by Gasteiger charge is -2.05. The molecular formula is C7H9NO3S. The highest BCUT2D eigenvalue weighted by atomic mass is 32.1. The van der Waals surface area contributed by atoms with Gasteiger partial charge in [-0.1, -0.05) is 0 Å². The Bertz CT molecular complexity index is 247. The number of carboxylic acids is 1. The van der Waals surface area contributed by atoms with E-state index in [1.807, 2.05) is 0 Å². The first-order chi connectivity index (χ1) is 5.70. The van der Waals surface area contributed by atoms with Crippen LogP contribution in [0.3, 0.4) is 0 Å². The number of aromatic nitrogens is 1. The van der Waals surface area contributed by atoms with Crippen molar-refractivity contribution >= 4 is 17.3 Å². The summed E-state index contributed by atoms with van der Waals surface area (Å²) in [6.07, 6.45) is 0.909. The van der Waals surface area contributed by atoms with Gasteiger partial charge in [0, 0.05) is 6.20 Å². The summed E-state index contributed by atoms with van der Waals surface area (Å²) in [5.74, 6) is -0.945. The fraction of sp³-hybridized carbons (Fsp3) is 0.429. The largest absolute Gasteiger partial charge is 0.479 e. The van der Waals surface area contributed by atoms with Crippen LogP contribution in [0.1, 0.15) is 11.8 Å². The van der Waals surface area contributed by atoms with Crippen LogP contribution in [0.25, 0.3) is 0 Å². The van der Waals surface area contributed by atoms with Crippen LogP contribution in [0.15, 0.2) is 11.7 Å². The van der Waals surface area contributed by atoms with E-state index in [0.717, 1.165) is 4.88 Å². The molecule has 12 heavy (non-hydrogen) atoms. The highest BCUT2D eigenvalue weighted by Crippen LogP contribution is 2.08. The van der Waals surface area contributed by atoms with Gasteiger partial charge in [-0.3, -0.25) is 4.98 Å². The van der Waals surface area contributed by atoms with Crippen LogP contribution in [-0.2, 0) is 16.1 Å². The summed E-state index contributed by atoms with van der Waals surface area (Å²) in [4.78, 5) is 15.1. The van der Waals surface area contributed by atoms with Gasteiger partial charge in [0.25, 0.3) is 0 Å². The summed E-state index contributed by atoms with van der Waals surface area (Å²) in [5.41, 5.74) is 1.68. The summed E-state index contributed by atoms with van der Waals surface area (Å²) >= 11 is 1.45. The van der Waals surface area contributed by atoms with Gasteiger partial charge in [-0.15, -0.1) is 11.3 Å². The topological polar surface area (TPSA) is 59.4 Å². The van der Waals surface area contributed by atoms with Gasteiger partial charge in [-0.2, -0.15) is 0 Å². The van der Waals surface area contributed by atoms with Crippen LogP contribution in [0, 0.1) is 0 Å². The van der Waals surface area contributed by atoms with Crippen molar-refractivity contribution in [3.8, 4) is 0 Å². The summed E-state index contributed by atoms with van der Waals surface area (Å²) in [5, 5.41) is 8.47. The van der Waals surface area contributed by atoms with Crippen molar-refractivity contribution in [2.75, 3.05) is 0 Å². The van der Waals surface area contributed by atoms with Gasteiger partial charge in [0.2, 0.25) is 0 Å². The van der Waals surface area contributed by atoms with E-state index in [1.54, 1.807) is 11.7 Å². The Morgan fingerprint density at radius 3 is 3.17 bits per heavy atom. The number of rotatable bonds is 4. The predicted molar refractivity (Wildman–Crippen MR) is 44.0 cm³/mol. The third kappa shape index (κ3) is 2.60. The van der Waals surface area contributed by atoms with Gasteiger partial charge in [0.1, 0.15) is 0 Å². The van der Waals surface area contributed by atoms with Crippen LogP contribution in [0.2, 0.25) is 0 Å². The maximum Gasteiger partial charge on any atom is 0.332 e. The minimum atomic E-state index is -0.945. The van der Waals surface area contributed by atoms with E-state index in [-0.39, 0.29) is 0 Å². The predicted octanol–water partition coefficient (Wildman–Crippen LogP) is 1.13. The Morgan fingerprint density at radius 1 is 1.92 bits per heavy atom. The molecule has 5 heteroatoms. The number of nitrogens with zero attached hydrogens (tertiary/aromatic N) is 1. The van der Waals surface area contributed by atoms with Gasteiger partial charge < -0.3 is 9.84 Å². The molecule has 0 aromatic carbocycles. The number of aliphatic carboxylic acids is 1. The number of carboxylic acid groups (broad SMARTS) is 1. The second kappa shape index (κ2) is 4.18.